The van der Waals surface area contributed by atoms with Crippen LogP contribution in [0.15, 0.2) is 24.3 Å². The van der Waals surface area contributed by atoms with Crippen LogP contribution in [0, 0.1) is 0 Å². The normalized spacial score (nSPS) is 12.4. The maximum atomic E-state index is 12.0. The number of nitrogens with two attached hydrogens (primary N) is 1. The lowest BCUT2D eigenvalue weighted by atomic mass is 10.0. The summed E-state index contributed by atoms with van der Waals surface area (Å²) in [5.41, 5.74) is 6.64. The van der Waals surface area contributed by atoms with Gasteiger partial charge >= 0.3 is 0 Å². The van der Waals surface area contributed by atoms with Gasteiger partial charge in [0.25, 0.3) is 0 Å². The van der Waals surface area contributed by atoms with Gasteiger partial charge in [0.1, 0.15) is 18.7 Å². The molecule has 1 aromatic rings. The monoisotopic (exact) mass is 452 g/mol. The van der Waals surface area contributed by atoms with E-state index in [4.69, 9.17) is 10.5 Å². The molecule has 0 aliphatic carbocycles. The molecule has 1 aromatic carbocycles. The first-order chi connectivity index (χ1) is 14.6. The number of amides is 4. The maximum Gasteiger partial charge on any atom is 0.246 e. The van der Waals surface area contributed by atoms with E-state index < -0.39 is 29.8 Å². The molecule has 0 heterocycles. The molecule has 0 saturated heterocycles. The third kappa shape index (κ3) is 10.1. The Hall–Kier alpha value is -2.92. The van der Waals surface area contributed by atoms with Crippen molar-refractivity contribution in [2.45, 2.75) is 32.4 Å². The molecule has 2 atom stereocenters. The van der Waals surface area contributed by atoms with Gasteiger partial charge in [-0.25, -0.2) is 0 Å². The molecule has 0 bridgehead atoms. The number of carbonyl (C=O) groups excluding carboxylic acids is 5. The van der Waals surface area contributed by atoms with Crippen LogP contribution >= 0.6 is 12.6 Å². The van der Waals surface area contributed by atoms with Gasteiger partial charge in [0.2, 0.25) is 23.6 Å². The lowest BCUT2D eigenvalue weighted by Gasteiger charge is -2.16. The molecule has 0 radical (unpaired) electrons. The second-order valence-electron chi connectivity index (χ2n) is 6.76. The van der Waals surface area contributed by atoms with Crippen LogP contribution in [0.3, 0.4) is 0 Å². The number of primary amides is 1. The van der Waals surface area contributed by atoms with E-state index in [-0.39, 0.29) is 43.6 Å². The molecule has 0 aromatic heterocycles. The fourth-order valence-electron chi connectivity index (χ4n) is 2.54. The lowest BCUT2D eigenvalue weighted by Crippen LogP contribution is -2.48. The Morgan fingerprint density at radius 1 is 1.03 bits per heavy atom. The number of benzene rings is 1. The van der Waals surface area contributed by atoms with Crippen LogP contribution in [0.4, 0.5) is 0 Å². The summed E-state index contributed by atoms with van der Waals surface area (Å²) in [4.78, 5) is 57.9. The van der Waals surface area contributed by atoms with Gasteiger partial charge < -0.3 is 26.4 Å². The van der Waals surface area contributed by atoms with E-state index in [0.717, 1.165) is 5.56 Å². The van der Waals surface area contributed by atoms with Gasteiger partial charge in [0.05, 0.1) is 6.61 Å². The number of hydrogen-bond donors (Lipinski definition) is 5. The molecule has 4 amide bonds. The number of ether oxygens (including phenoxy) is 1. The predicted molar refractivity (Wildman–Crippen MR) is 117 cm³/mol. The number of rotatable bonds is 13. The Kier molecular flexibility index (Phi) is 11.3. The van der Waals surface area contributed by atoms with Crippen molar-refractivity contribution in [1.82, 2.24) is 16.0 Å². The molecule has 0 aliphatic heterocycles. The van der Waals surface area contributed by atoms with Crippen molar-refractivity contribution in [1.29, 1.82) is 0 Å². The zero-order chi connectivity index (χ0) is 23.4. The van der Waals surface area contributed by atoms with Crippen molar-refractivity contribution < 1.29 is 28.7 Å². The van der Waals surface area contributed by atoms with Gasteiger partial charge in [-0.15, -0.1) is 0 Å². The number of carbonyl (C=O) groups is 5. The molecule has 170 valence electrons. The first-order valence-corrected chi connectivity index (χ1v) is 10.2. The van der Waals surface area contributed by atoms with Crippen LogP contribution in [0.1, 0.15) is 29.8 Å². The van der Waals surface area contributed by atoms with Crippen molar-refractivity contribution in [3.8, 4) is 0 Å². The largest absolute Gasteiger partial charge is 0.370 e. The molecule has 31 heavy (non-hydrogen) atoms. The SMILES string of the molecule is CC(=O)N[C@H](CS)C(=O)NCCOCC(=O)NC(Cc1ccc(C(C)=O)cc1)C(N)=O. The summed E-state index contributed by atoms with van der Waals surface area (Å²) < 4.78 is 5.19. The van der Waals surface area contributed by atoms with Crippen molar-refractivity contribution in [3.05, 3.63) is 35.4 Å². The van der Waals surface area contributed by atoms with Crippen molar-refractivity contribution >= 4 is 42.0 Å². The highest BCUT2D eigenvalue weighted by atomic mass is 32.1. The number of thiol groups is 1. The standard InChI is InChI=1S/C20H28N4O6S/c1-12(25)15-5-3-14(4-6-15)9-16(19(21)28)24-18(27)10-30-8-7-22-20(29)17(11-31)23-13(2)26/h3-6,16-17,31H,7-11H2,1-2H3,(H2,21,28)(H,22,29)(H,23,26)(H,24,27)/t16?,17-/m1/s1. The Labute approximate surface area is 186 Å². The van der Waals surface area contributed by atoms with Crippen LogP contribution in [-0.4, -0.2) is 67.0 Å². The van der Waals surface area contributed by atoms with Gasteiger partial charge in [0, 0.05) is 31.2 Å². The van der Waals surface area contributed by atoms with E-state index in [0.29, 0.717) is 5.56 Å². The van der Waals surface area contributed by atoms with Gasteiger partial charge in [0.15, 0.2) is 5.78 Å². The molecule has 0 aliphatic rings. The summed E-state index contributed by atoms with van der Waals surface area (Å²) in [6.07, 6.45) is 0.170. The first-order valence-electron chi connectivity index (χ1n) is 9.56. The predicted octanol–water partition coefficient (Wildman–Crippen LogP) is -1.03. The maximum absolute atomic E-state index is 12.0. The summed E-state index contributed by atoms with van der Waals surface area (Å²) in [6.45, 7) is 2.59. The van der Waals surface area contributed by atoms with Gasteiger partial charge in [-0.2, -0.15) is 12.6 Å². The average Bonchev–Trinajstić information content (AvgIpc) is 2.71. The van der Waals surface area contributed by atoms with Crippen LogP contribution in [0.2, 0.25) is 0 Å². The van der Waals surface area contributed by atoms with E-state index in [2.05, 4.69) is 28.6 Å². The molecule has 0 fully saturated rings. The fraction of sp³-hybridized carbons (Fsp3) is 0.450. The molecule has 11 heteroatoms. The molecule has 5 N–H and O–H groups in total. The van der Waals surface area contributed by atoms with E-state index in [9.17, 15) is 24.0 Å². The van der Waals surface area contributed by atoms with Gasteiger partial charge in [-0.05, 0) is 12.5 Å². The van der Waals surface area contributed by atoms with Crippen LogP contribution in [0.25, 0.3) is 0 Å². The summed E-state index contributed by atoms with van der Waals surface area (Å²) in [6, 6.07) is 4.96. The molecule has 10 nitrogen and oxygen atoms in total. The van der Waals surface area contributed by atoms with E-state index >= 15 is 0 Å². The zero-order valence-electron chi connectivity index (χ0n) is 17.5. The van der Waals surface area contributed by atoms with Gasteiger partial charge in [-0.3, -0.25) is 24.0 Å². The smallest absolute Gasteiger partial charge is 0.246 e. The third-order valence-electron chi connectivity index (χ3n) is 4.13. The quantitative estimate of drug-likeness (QED) is 0.146. The summed E-state index contributed by atoms with van der Waals surface area (Å²) in [5, 5.41) is 7.52. The number of ketones is 1. The highest BCUT2D eigenvalue weighted by Crippen LogP contribution is 2.08. The molecule has 0 saturated carbocycles. The Morgan fingerprint density at radius 2 is 1.68 bits per heavy atom. The van der Waals surface area contributed by atoms with Crippen LogP contribution in [-0.2, 0) is 30.3 Å². The summed E-state index contributed by atoms with van der Waals surface area (Å²) in [5.74, 6) is -1.94. The minimum Gasteiger partial charge on any atom is -0.370 e. The van der Waals surface area contributed by atoms with E-state index in [1.54, 1.807) is 24.3 Å². The topological polar surface area (TPSA) is 157 Å². The van der Waals surface area contributed by atoms with Crippen LogP contribution in [0.5, 0.6) is 0 Å². The minimum atomic E-state index is -0.937. The highest BCUT2D eigenvalue weighted by molar-refractivity contribution is 7.80. The van der Waals surface area contributed by atoms with E-state index in [1.807, 2.05) is 0 Å². The van der Waals surface area contributed by atoms with Crippen molar-refractivity contribution in [3.63, 3.8) is 0 Å². The fourth-order valence-corrected chi connectivity index (χ4v) is 2.80. The van der Waals surface area contributed by atoms with Gasteiger partial charge in [-0.1, -0.05) is 24.3 Å². The lowest BCUT2D eigenvalue weighted by molar-refractivity contribution is -0.130. The molecule has 0 spiro atoms. The molecule has 1 unspecified atom stereocenters. The first kappa shape index (κ1) is 26.1. The zero-order valence-corrected chi connectivity index (χ0v) is 18.4. The minimum absolute atomic E-state index is 0.0479. The Bertz CT molecular complexity index is 799. The average molecular weight is 453 g/mol. The molecule has 1 rings (SSSR count). The Morgan fingerprint density at radius 3 is 2.19 bits per heavy atom. The number of Topliss-reactive ketones (excluding diaryl/α,β-unsaturated/α-hetero) is 1. The van der Waals surface area contributed by atoms with E-state index in [1.165, 1.54) is 13.8 Å². The number of nitrogens with one attached hydrogen (secondary N) is 3. The Balaban J connectivity index is 2.40. The molecular formula is C20H28N4O6S. The van der Waals surface area contributed by atoms with Crippen LogP contribution < -0.4 is 21.7 Å². The summed E-state index contributed by atoms with van der Waals surface area (Å²) >= 11 is 4.00. The second kappa shape index (κ2) is 13.4. The number of hydrogen-bond acceptors (Lipinski definition) is 7. The molecular weight excluding hydrogens is 424 g/mol. The van der Waals surface area contributed by atoms with Crippen molar-refractivity contribution in [2.24, 2.45) is 5.73 Å². The van der Waals surface area contributed by atoms with Crippen molar-refractivity contribution in [2.75, 3.05) is 25.5 Å². The highest BCUT2D eigenvalue weighted by Gasteiger charge is 2.19. The third-order valence-corrected chi connectivity index (χ3v) is 4.50. The summed E-state index contributed by atoms with van der Waals surface area (Å²) in [7, 11) is 0. The second-order valence-corrected chi connectivity index (χ2v) is 7.12.